The molecule has 1 heterocycles. The molecule has 0 atom stereocenters. The first kappa shape index (κ1) is 16.7. The fraction of sp³-hybridized carbons (Fsp3) is 0.500. The molecule has 128 valence electrons. The molecule has 1 aliphatic carbocycles. The molecule has 24 heavy (non-hydrogen) atoms. The molecular formula is C20H26N2O2. The lowest BCUT2D eigenvalue weighted by Gasteiger charge is -2.21. The predicted octanol–water partition coefficient (Wildman–Crippen LogP) is 3.91. The molecule has 0 amide bonds. The maximum Gasteiger partial charge on any atom is 0.164 e. The number of aryl methyl sites for hydroxylation is 3. The van der Waals surface area contributed by atoms with Crippen LogP contribution in [-0.2, 0) is 25.8 Å². The summed E-state index contributed by atoms with van der Waals surface area (Å²) in [6, 6.07) is 3.90. The topological polar surface area (TPSA) is 44.1 Å². The smallest absolute Gasteiger partial charge is 0.164 e. The molecule has 0 aliphatic heterocycles. The van der Waals surface area contributed by atoms with E-state index in [4.69, 9.17) is 4.74 Å². The minimum atomic E-state index is 0.226. The van der Waals surface area contributed by atoms with Crippen LogP contribution < -0.4 is 4.74 Å². The molecule has 1 aliphatic rings. The van der Waals surface area contributed by atoms with Crippen LogP contribution in [0, 0.1) is 6.92 Å². The van der Waals surface area contributed by atoms with Crippen LogP contribution in [0.25, 0.3) is 0 Å². The van der Waals surface area contributed by atoms with Crippen molar-refractivity contribution in [3.05, 3.63) is 46.5 Å². The summed E-state index contributed by atoms with van der Waals surface area (Å²) < 4.78 is 7.60. The lowest BCUT2D eigenvalue weighted by Crippen LogP contribution is -2.14. The van der Waals surface area contributed by atoms with E-state index in [1.807, 2.05) is 25.3 Å². The molecular weight excluding hydrogens is 300 g/mol. The number of carbonyl (C=O) groups excluding carboxylic acids is 1. The molecule has 3 rings (SSSR count). The van der Waals surface area contributed by atoms with Crippen LogP contribution in [0.2, 0.25) is 0 Å². The maximum absolute atomic E-state index is 12.8. The van der Waals surface area contributed by atoms with Gasteiger partial charge >= 0.3 is 0 Å². The van der Waals surface area contributed by atoms with E-state index in [9.17, 15) is 4.79 Å². The van der Waals surface area contributed by atoms with E-state index in [1.54, 1.807) is 7.11 Å². The Hall–Kier alpha value is -2.10. The number of fused-ring (bicyclic) bond motifs is 1. The van der Waals surface area contributed by atoms with Crippen LogP contribution >= 0.6 is 0 Å². The Bertz CT molecular complexity index is 746. The standard InChI is InChI=1S/C20H26N2O2/c1-4-20-21-14(2)13-22(20)12-11-18(23)16-9-10-19(24-3)17-8-6-5-7-15(16)17/h9-10,13H,4-8,11-12H2,1-3H3. The minimum Gasteiger partial charge on any atom is -0.496 e. The van der Waals surface area contributed by atoms with Gasteiger partial charge < -0.3 is 9.30 Å². The number of hydrogen-bond donors (Lipinski definition) is 0. The number of methoxy groups -OCH3 is 1. The number of carbonyl (C=O) groups is 1. The lowest BCUT2D eigenvalue weighted by molar-refractivity contribution is 0.0975. The van der Waals surface area contributed by atoms with Gasteiger partial charge in [-0.15, -0.1) is 0 Å². The average Bonchev–Trinajstić information content (AvgIpc) is 2.98. The maximum atomic E-state index is 12.8. The van der Waals surface area contributed by atoms with Crippen molar-refractivity contribution in [3.63, 3.8) is 0 Å². The Morgan fingerprint density at radius 2 is 2.00 bits per heavy atom. The van der Waals surface area contributed by atoms with Crippen molar-refractivity contribution in [2.45, 2.75) is 58.9 Å². The van der Waals surface area contributed by atoms with Gasteiger partial charge in [0.1, 0.15) is 11.6 Å². The zero-order valence-electron chi connectivity index (χ0n) is 14.9. The summed E-state index contributed by atoms with van der Waals surface area (Å²) in [5.74, 6) is 2.21. The SMILES string of the molecule is CCc1nc(C)cn1CCC(=O)c1ccc(OC)c2c1CCCC2. The summed E-state index contributed by atoms with van der Waals surface area (Å²) in [6.07, 6.45) is 7.77. The molecule has 0 fully saturated rings. The van der Waals surface area contributed by atoms with Crippen LogP contribution in [-0.4, -0.2) is 22.4 Å². The first-order valence-electron chi connectivity index (χ1n) is 8.88. The molecule has 0 unspecified atom stereocenters. The highest BCUT2D eigenvalue weighted by atomic mass is 16.5. The van der Waals surface area contributed by atoms with Gasteiger partial charge in [0.2, 0.25) is 0 Å². The second-order valence-electron chi connectivity index (χ2n) is 6.50. The second kappa shape index (κ2) is 7.20. The van der Waals surface area contributed by atoms with E-state index in [0.717, 1.165) is 48.5 Å². The molecule has 1 aromatic heterocycles. The normalized spacial score (nSPS) is 13.6. The first-order chi connectivity index (χ1) is 11.6. The van der Waals surface area contributed by atoms with Gasteiger partial charge in [0, 0.05) is 31.1 Å². The van der Waals surface area contributed by atoms with E-state index in [-0.39, 0.29) is 5.78 Å². The summed E-state index contributed by atoms with van der Waals surface area (Å²) in [7, 11) is 1.71. The van der Waals surface area contributed by atoms with E-state index in [1.165, 1.54) is 17.5 Å². The van der Waals surface area contributed by atoms with Gasteiger partial charge in [-0.1, -0.05) is 6.92 Å². The van der Waals surface area contributed by atoms with Gasteiger partial charge in [-0.05, 0) is 55.9 Å². The van der Waals surface area contributed by atoms with Crippen LogP contribution in [0.3, 0.4) is 0 Å². The third kappa shape index (κ3) is 3.23. The Balaban J connectivity index is 1.80. The van der Waals surface area contributed by atoms with Crippen molar-refractivity contribution >= 4 is 5.78 Å². The molecule has 1 aromatic carbocycles. The first-order valence-corrected chi connectivity index (χ1v) is 8.88. The number of hydrogen-bond acceptors (Lipinski definition) is 3. The Morgan fingerprint density at radius 3 is 2.71 bits per heavy atom. The molecule has 0 N–H and O–H groups in total. The number of ether oxygens (including phenoxy) is 1. The van der Waals surface area contributed by atoms with E-state index in [2.05, 4.69) is 16.5 Å². The molecule has 0 saturated heterocycles. The summed E-state index contributed by atoms with van der Waals surface area (Å²) >= 11 is 0. The molecule has 0 spiro atoms. The van der Waals surface area contributed by atoms with Crippen LogP contribution in [0.4, 0.5) is 0 Å². The summed E-state index contributed by atoms with van der Waals surface area (Å²) in [4.78, 5) is 17.3. The van der Waals surface area contributed by atoms with Gasteiger partial charge in [-0.2, -0.15) is 0 Å². The lowest BCUT2D eigenvalue weighted by atomic mass is 9.86. The average molecular weight is 326 g/mol. The number of rotatable bonds is 6. The highest BCUT2D eigenvalue weighted by molar-refractivity contribution is 5.98. The molecule has 0 radical (unpaired) electrons. The third-order valence-electron chi connectivity index (χ3n) is 4.89. The Morgan fingerprint density at radius 1 is 1.25 bits per heavy atom. The Labute approximate surface area is 143 Å². The summed E-state index contributed by atoms with van der Waals surface area (Å²) in [5.41, 5.74) is 4.35. The largest absolute Gasteiger partial charge is 0.496 e. The fourth-order valence-electron chi connectivity index (χ4n) is 3.72. The number of aromatic nitrogens is 2. The second-order valence-corrected chi connectivity index (χ2v) is 6.50. The zero-order valence-corrected chi connectivity index (χ0v) is 14.9. The van der Waals surface area contributed by atoms with E-state index in [0.29, 0.717) is 13.0 Å². The quantitative estimate of drug-likeness (QED) is 0.756. The van der Waals surface area contributed by atoms with Gasteiger partial charge in [-0.25, -0.2) is 4.98 Å². The van der Waals surface area contributed by atoms with Crippen molar-refractivity contribution in [2.75, 3.05) is 7.11 Å². The van der Waals surface area contributed by atoms with E-state index >= 15 is 0 Å². The van der Waals surface area contributed by atoms with Crippen LogP contribution in [0.5, 0.6) is 5.75 Å². The summed E-state index contributed by atoms with van der Waals surface area (Å²) in [6.45, 7) is 4.79. The molecule has 4 nitrogen and oxygen atoms in total. The van der Waals surface area contributed by atoms with E-state index < -0.39 is 0 Å². The highest BCUT2D eigenvalue weighted by Gasteiger charge is 2.21. The van der Waals surface area contributed by atoms with Crippen molar-refractivity contribution in [3.8, 4) is 5.75 Å². The number of imidazole rings is 1. The molecule has 4 heteroatoms. The Kier molecular flexibility index (Phi) is 5.03. The van der Waals surface area contributed by atoms with Crippen LogP contribution in [0.1, 0.15) is 59.2 Å². The predicted molar refractivity (Wildman–Crippen MR) is 94.9 cm³/mol. The third-order valence-corrected chi connectivity index (χ3v) is 4.89. The number of ketones is 1. The number of Topliss-reactive ketones (excluding diaryl/α,β-unsaturated/α-hetero) is 1. The van der Waals surface area contributed by atoms with Crippen molar-refractivity contribution in [2.24, 2.45) is 0 Å². The number of benzene rings is 1. The van der Waals surface area contributed by atoms with Gasteiger partial charge in [0.25, 0.3) is 0 Å². The molecule has 0 saturated carbocycles. The van der Waals surface area contributed by atoms with Crippen molar-refractivity contribution < 1.29 is 9.53 Å². The van der Waals surface area contributed by atoms with Gasteiger partial charge in [0.05, 0.1) is 12.8 Å². The van der Waals surface area contributed by atoms with Crippen molar-refractivity contribution in [1.29, 1.82) is 0 Å². The van der Waals surface area contributed by atoms with Crippen LogP contribution in [0.15, 0.2) is 18.3 Å². The van der Waals surface area contributed by atoms with Gasteiger partial charge in [-0.3, -0.25) is 4.79 Å². The monoisotopic (exact) mass is 326 g/mol. The molecule has 2 aromatic rings. The van der Waals surface area contributed by atoms with Crippen molar-refractivity contribution in [1.82, 2.24) is 9.55 Å². The van der Waals surface area contributed by atoms with Gasteiger partial charge in [0.15, 0.2) is 5.78 Å². The number of nitrogens with zero attached hydrogens (tertiary/aromatic N) is 2. The highest BCUT2D eigenvalue weighted by Crippen LogP contribution is 2.32. The fourth-order valence-corrected chi connectivity index (χ4v) is 3.72. The summed E-state index contributed by atoms with van der Waals surface area (Å²) in [5, 5.41) is 0. The molecule has 0 bridgehead atoms. The zero-order chi connectivity index (χ0) is 17.1. The minimum absolute atomic E-state index is 0.226.